The van der Waals surface area contributed by atoms with Crippen LogP contribution in [0.5, 0.6) is 0 Å². The SMILES string of the molecule is CN(C)OC(C)(C)N[O-]. The third kappa shape index (κ3) is 4.35. The molecule has 0 aliphatic rings. The molecular weight excluding hydrogens is 120 g/mol. The Morgan fingerprint density at radius 3 is 2.00 bits per heavy atom. The van der Waals surface area contributed by atoms with Crippen LogP contribution < -0.4 is 5.48 Å². The first-order chi connectivity index (χ1) is 3.98. The van der Waals surface area contributed by atoms with Gasteiger partial charge in [0.2, 0.25) is 0 Å². The van der Waals surface area contributed by atoms with Crippen molar-refractivity contribution in [3.8, 4) is 0 Å². The Hall–Kier alpha value is -0.160. The van der Waals surface area contributed by atoms with Gasteiger partial charge in [0.25, 0.3) is 0 Å². The van der Waals surface area contributed by atoms with Gasteiger partial charge in [-0.2, -0.15) is 5.06 Å². The van der Waals surface area contributed by atoms with E-state index in [0.717, 1.165) is 0 Å². The van der Waals surface area contributed by atoms with Gasteiger partial charge in [-0.1, -0.05) is 0 Å². The zero-order chi connectivity index (χ0) is 7.49. The second kappa shape index (κ2) is 3.12. The highest BCUT2D eigenvalue weighted by molar-refractivity contribution is 4.62. The van der Waals surface area contributed by atoms with Crippen LogP contribution in [-0.2, 0) is 4.84 Å². The smallest absolute Gasteiger partial charge is 0.123 e. The van der Waals surface area contributed by atoms with Gasteiger partial charge in [-0.05, 0) is 13.8 Å². The van der Waals surface area contributed by atoms with Crippen molar-refractivity contribution in [2.24, 2.45) is 0 Å². The Labute approximate surface area is 55.3 Å². The van der Waals surface area contributed by atoms with Crippen molar-refractivity contribution in [1.29, 1.82) is 0 Å². The molecular formula is C5H13N2O2-. The Morgan fingerprint density at radius 2 is 1.89 bits per heavy atom. The highest BCUT2D eigenvalue weighted by atomic mass is 16.7. The standard InChI is InChI=1S/C5H13N2O2/c1-5(2,6-8)9-7(3)4/h6H,1-4H3/q-1. The first-order valence-corrected chi connectivity index (χ1v) is 2.74. The lowest BCUT2D eigenvalue weighted by Crippen LogP contribution is -2.42. The maximum atomic E-state index is 10.1. The monoisotopic (exact) mass is 133 g/mol. The largest absolute Gasteiger partial charge is 0.786 e. The van der Waals surface area contributed by atoms with Crippen LogP contribution in [0.4, 0.5) is 0 Å². The van der Waals surface area contributed by atoms with Gasteiger partial charge in [-0.25, -0.2) is 0 Å². The lowest BCUT2D eigenvalue weighted by atomic mass is 10.3. The first-order valence-electron chi connectivity index (χ1n) is 2.74. The second-order valence-corrected chi connectivity index (χ2v) is 2.52. The van der Waals surface area contributed by atoms with Crippen molar-refractivity contribution in [1.82, 2.24) is 10.5 Å². The number of nitrogens with zero attached hydrogens (tertiary/aromatic N) is 1. The van der Waals surface area contributed by atoms with E-state index in [9.17, 15) is 5.21 Å². The van der Waals surface area contributed by atoms with Gasteiger partial charge < -0.3 is 10.7 Å². The molecule has 0 atom stereocenters. The minimum Gasteiger partial charge on any atom is -0.786 e. The molecule has 0 rings (SSSR count). The van der Waals surface area contributed by atoms with Gasteiger partial charge in [0.15, 0.2) is 0 Å². The van der Waals surface area contributed by atoms with Gasteiger partial charge in [-0.3, -0.25) is 4.84 Å². The highest BCUT2D eigenvalue weighted by Crippen LogP contribution is 2.03. The molecule has 0 bridgehead atoms. The average molecular weight is 133 g/mol. The minimum atomic E-state index is -0.816. The summed E-state index contributed by atoms with van der Waals surface area (Å²) in [7, 11) is 3.44. The Balaban J connectivity index is 3.58. The van der Waals surface area contributed by atoms with Crippen molar-refractivity contribution < 1.29 is 4.84 Å². The summed E-state index contributed by atoms with van der Waals surface area (Å²) in [5.41, 5.74) is 0.943. The molecule has 4 heteroatoms. The van der Waals surface area contributed by atoms with Crippen LogP contribution in [0.2, 0.25) is 0 Å². The molecule has 4 nitrogen and oxygen atoms in total. The average Bonchev–Trinajstić information content (AvgIpc) is 1.63. The van der Waals surface area contributed by atoms with Crippen LogP contribution >= 0.6 is 0 Å². The van der Waals surface area contributed by atoms with Gasteiger partial charge in [0.1, 0.15) is 5.72 Å². The Kier molecular flexibility index (Phi) is 3.07. The Bertz CT molecular complexity index is 83.0. The van der Waals surface area contributed by atoms with Gasteiger partial charge >= 0.3 is 0 Å². The van der Waals surface area contributed by atoms with E-state index >= 15 is 0 Å². The third-order valence-electron chi connectivity index (χ3n) is 0.657. The fourth-order valence-corrected chi connectivity index (χ4v) is 0.475. The van der Waals surface area contributed by atoms with Crippen LogP contribution in [0, 0.1) is 5.21 Å². The molecule has 0 radical (unpaired) electrons. The summed E-state index contributed by atoms with van der Waals surface area (Å²) < 4.78 is 0. The van der Waals surface area contributed by atoms with E-state index in [1.54, 1.807) is 33.4 Å². The topological polar surface area (TPSA) is 47.6 Å². The molecule has 0 aromatic heterocycles. The minimum absolute atomic E-state index is 0.816. The second-order valence-electron chi connectivity index (χ2n) is 2.52. The number of hydrogen-bond acceptors (Lipinski definition) is 4. The lowest BCUT2D eigenvalue weighted by Gasteiger charge is -2.32. The fraction of sp³-hybridized carbons (Fsp3) is 1.00. The van der Waals surface area contributed by atoms with E-state index in [0.29, 0.717) is 0 Å². The maximum absolute atomic E-state index is 10.1. The first kappa shape index (κ1) is 8.84. The molecule has 0 heterocycles. The summed E-state index contributed by atoms with van der Waals surface area (Å²) in [6.45, 7) is 3.31. The van der Waals surface area contributed by atoms with Crippen molar-refractivity contribution >= 4 is 0 Å². The Morgan fingerprint density at radius 1 is 1.44 bits per heavy atom. The zero-order valence-corrected chi connectivity index (χ0v) is 6.26. The van der Waals surface area contributed by atoms with Crippen LogP contribution in [0.25, 0.3) is 0 Å². The summed E-state index contributed by atoms with van der Waals surface area (Å²) >= 11 is 0. The van der Waals surface area contributed by atoms with E-state index in [4.69, 9.17) is 4.84 Å². The molecule has 0 amide bonds. The highest BCUT2D eigenvalue weighted by Gasteiger charge is 2.13. The van der Waals surface area contributed by atoms with Crippen molar-refractivity contribution in [3.05, 3.63) is 5.21 Å². The fourth-order valence-electron chi connectivity index (χ4n) is 0.475. The molecule has 0 saturated heterocycles. The van der Waals surface area contributed by atoms with Crippen molar-refractivity contribution in [2.75, 3.05) is 14.1 Å². The van der Waals surface area contributed by atoms with Gasteiger partial charge in [0.05, 0.1) is 0 Å². The molecule has 0 aromatic carbocycles. The summed E-state index contributed by atoms with van der Waals surface area (Å²) in [5.74, 6) is 0. The number of rotatable bonds is 3. The summed E-state index contributed by atoms with van der Waals surface area (Å²) in [6, 6.07) is 0. The molecule has 0 aromatic rings. The van der Waals surface area contributed by atoms with Gasteiger partial charge in [-0.15, -0.1) is 0 Å². The van der Waals surface area contributed by atoms with Crippen LogP contribution in [-0.4, -0.2) is 24.9 Å². The predicted molar refractivity (Wildman–Crippen MR) is 35.4 cm³/mol. The molecule has 0 spiro atoms. The van der Waals surface area contributed by atoms with Gasteiger partial charge in [0, 0.05) is 14.1 Å². The molecule has 9 heavy (non-hydrogen) atoms. The van der Waals surface area contributed by atoms with Crippen molar-refractivity contribution in [2.45, 2.75) is 19.6 Å². The molecule has 56 valence electrons. The maximum Gasteiger partial charge on any atom is 0.123 e. The quantitative estimate of drug-likeness (QED) is 0.444. The molecule has 0 aliphatic heterocycles. The van der Waals surface area contributed by atoms with E-state index in [1.165, 1.54) is 5.06 Å². The summed E-state index contributed by atoms with van der Waals surface area (Å²) in [6.07, 6.45) is 0. The van der Waals surface area contributed by atoms with E-state index in [-0.39, 0.29) is 0 Å². The molecule has 0 fully saturated rings. The van der Waals surface area contributed by atoms with E-state index < -0.39 is 5.72 Å². The van der Waals surface area contributed by atoms with E-state index in [2.05, 4.69) is 0 Å². The number of nitrogens with one attached hydrogen (secondary N) is 1. The van der Waals surface area contributed by atoms with Crippen molar-refractivity contribution in [3.63, 3.8) is 0 Å². The van der Waals surface area contributed by atoms with E-state index in [1.807, 2.05) is 0 Å². The van der Waals surface area contributed by atoms with Crippen LogP contribution in [0.3, 0.4) is 0 Å². The summed E-state index contributed by atoms with van der Waals surface area (Å²) in [4.78, 5) is 5.00. The number of hydroxylamine groups is 3. The predicted octanol–water partition coefficient (Wildman–Crippen LogP) is 0.303. The zero-order valence-electron chi connectivity index (χ0n) is 6.26. The molecule has 1 N–H and O–H groups in total. The molecule has 0 unspecified atom stereocenters. The number of hydrogen-bond donors (Lipinski definition) is 1. The normalized spacial score (nSPS) is 12.7. The summed E-state index contributed by atoms with van der Waals surface area (Å²) in [5, 5.41) is 11.6. The lowest BCUT2D eigenvalue weighted by molar-refractivity contribution is -0.214. The van der Waals surface area contributed by atoms with Crippen LogP contribution in [0.1, 0.15) is 13.8 Å². The molecule has 0 aliphatic carbocycles. The molecule has 0 saturated carbocycles. The van der Waals surface area contributed by atoms with Crippen LogP contribution in [0.15, 0.2) is 0 Å². The third-order valence-corrected chi connectivity index (χ3v) is 0.657.